The number of rotatable bonds is 9. The summed E-state index contributed by atoms with van der Waals surface area (Å²) in [5.74, 6) is -5.52. The Morgan fingerprint density at radius 1 is 1.05 bits per heavy atom. The summed E-state index contributed by atoms with van der Waals surface area (Å²) in [6.07, 6.45) is 3.39. The second-order valence-electron chi connectivity index (χ2n) is 12.4. The van der Waals surface area contributed by atoms with E-state index >= 15 is 0 Å². The van der Waals surface area contributed by atoms with Gasteiger partial charge in [0.1, 0.15) is 5.75 Å². The lowest BCUT2D eigenvalue weighted by Crippen LogP contribution is -2.51. The molecule has 0 saturated heterocycles. The van der Waals surface area contributed by atoms with E-state index in [1.165, 1.54) is 13.2 Å². The highest BCUT2D eigenvalue weighted by molar-refractivity contribution is 5.98. The van der Waals surface area contributed by atoms with Gasteiger partial charge in [-0.1, -0.05) is 0 Å². The van der Waals surface area contributed by atoms with Crippen LogP contribution in [0.5, 0.6) is 11.5 Å². The Morgan fingerprint density at radius 2 is 1.73 bits per heavy atom. The van der Waals surface area contributed by atoms with E-state index in [9.17, 15) is 32.7 Å². The molecule has 4 fully saturated rings. The molecule has 11 heteroatoms. The van der Waals surface area contributed by atoms with Gasteiger partial charge in [-0.05, 0) is 75.7 Å². The van der Waals surface area contributed by atoms with Crippen LogP contribution in [0.15, 0.2) is 12.1 Å². The molecule has 0 radical (unpaired) electrons. The third kappa shape index (κ3) is 5.61. The number of aliphatic carboxylic acids is 1. The zero-order chi connectivity index (χ0) is 28.8. The van der Waals surface area contributed by atoms with Crippen LogP contribution in [0.4, 0.5) is 13.2 Å². The first-order chi connectivity index (χ1) is 18.9. The number of benzene rings is 1. The number of carbonyl (C=O) groups is 3. The number of methoxy groups -OCH3 is 1. The Kier molecular flexibility index (Phi) is 7.69. The topological polar surface area (TPSA) is 114 Å². The van der Waals surface area contributed by atoms with Crippen molar-refractivity contribution in [1.29, 1.82) is 0 Å². The molecule has 1 aromatic carbocycles. The van der Waals surface area contributed by atoms with Crippen molar-refractivity contribution in [2.75, 3.05) is 13.7 Å². The smallest absolute Gasteiger partial charge is 0.309 e. The summed E-state index contributed by atoms with van der Waals surface area (Å²) < 4.78 is 52.5. The SMILES string of the molecule is COc1cc(F)c(OC2CCC(C)(C(=O)O)CC2)cc1C(=O)N[C@@H]1[C@H]2CC[C@H](C2)[C@@H]1C(=O)NCC1CC(F)(F)C1. The second-order valence-corrected chi connectivity index (χ2v) is 12.4. The minimum atomic E-state index is -2.65. The third-order valence-corrected chi connectivity index (χ3v) is 9.60. The van der Waals surface area contributed by atoms with Crippen molar-refractivity contribution in [3.8, 4) is 11.5 Å². The van der Waals surface area contributed by atoms with Gasteiger partial charge in [-0.25, -0.2) is 13.2 Å². The predicted molar refractivity (Wildman–Crippen MR) is 138 cm³/mol. The number of carbonyl (C=O) groups excluding carboxylic acids is 2. The molecule has 5 rings (SSSR count). The van der Waals surface area contributed by atoms with Crippen LogP contribution in [0.3, 0.4) is 0 Å². The van der Waals surface area contributed by atoms with Crippen LogP contribution in [0.25, 0.3) is 0 Å². The molecule has 0 aliphatic heterocycles. The molecule has 0 spiro atoms. The van der Waals surface area contributed by atoms with Crippen LogP contribution < -0.4 is 20.1 Å². The van der Waals surface area contributed by atoms with Gasteiger partial charge in [-0.2, -0.15) is 0 Å². The number of hydrogen-bond acceptors (Lipinski definition) is 5. The lowest BCUT2D eigenvalue weighted by molar-refractivity contribution is -0.150. The summed E-state index contributed by atoms with van der Waals surface area (Å²) in [7, 11) is 1.33. The normalized spacial score (nSPS) is 32.7. The Hall–Kier alpha value is -2.98. The fourth-order valence-corrected chi connectivity index (χ4v) is 7.11. The van der Waals surface area contributed by atoms with Gasteiger partial charge in [0.15, 0.2) is 11.6 Å². The average molecular weight is 567 g/mol. The summed E-state index contributed by atoms with van der Waals surface area (Å²) >= 11 is 0. The summed E-state index contributed by atoms with van der Waals surface area (Å²) in [5.41, 5.74) is -0.765. The highest BCUT2D eigenvalue weighted by atomic mass is 19.3. The van der Waals surface area contributed by atoms with Gasteiger partial charge in [0.2, 0.25) is 11.8 Å². The van der Waals surface area contributed by atoms with Crippen molar-refractivity contribution in [3.05, 3.63) is 23.5 Å². The zero-order valence-corrected chi connectivity index (χ0v) is 22.8. The third-order valence-electron chi connectivity index (χ3n) is 9.60. The van der Waals surface area contributed by atoms with Gasteiger partial charge in [0.25, 0.3) is 5.91 Å². The lowest BCUT2D eigenvalue weighted by atomic mass is 9.75. The summed E-state index contributed by atoms with van der Waals surface area (Å²) in [6.45, 7) is 1.89. The minimum Gasteiger partial charge on any atom is -0.496 e. The number of fused-ring (bicyclic) bond motifs is 2. The molecule has 2 bridgehead atoms. The molecule has 220 valence electrons. The maximum absolute atomic E-state index is 14.9. The first-order valence-electron chi connectivity index (χ1n) is 14.1. The maximum Gasteiger partial charge on any atom is 0.309 e. The fraction of sp³-hybridized carbons (Fsp3) is 0.690. The van der Waals surface area contributed by atoms with E-state index in [0.717, 1.165) is 25.3 Å². The average Bonchev–Trinajstić information content (AvgIpc) is 3.50. The number of hydrogen-bond donors (Lipinski definition) is 3. The molecule has 0 aromatic heterocycles. The summed E-state index contributed by atoms with van der Waals surface area (Å²) in [6, 6.07) is 1.96. The molecule has 40 heavy (non-hydrogen) atoms. The molecule has 3 N–H and O–H groups in total. The fourth-order valence-electron chi connectivity index (χ4n) is 7.11. The molecule has 0 unspecified atom stereocenters. The minimum absolute atomic E-state index is 0.0273. The van der Waals surface area contributed by atoms with E-state index in [1.54, 1.807) is 6.92 Å². The number of ether oxygens (including phenoxy) is 2. The predicted octanol–water partition coefficient (Wildman–Crippen LogP) is 4.55. The molecular formula is C29H37F3N2O6. The van der Waals surface area contributed by atoms with Crippen LogP contribution in [0.1, 0.15) is 75.1 Å². The van der Waals surface area contributed by atoms with Crippen LogP contribution in [-0.4, -0.2) is 54.6 Å². The Morgan fingerprint density at radius 3 is 2.35 bits per heavy atom. The molecule has 4 saturated carbocycles. The number of carboxylic acid groups (broad SMARTS) is 1. The summed E-state index contributed by atoms with van der Waals surface area (Å²) in [4.78, 5) is 38.1. The molecule has 1 aromatic rings. The van der Waals surface area contributed by atoms with Crippen LogP contribution >= 0.6 is 0 Å². The van der Waals surface area contributed by atoms with Gasteiger partial charge < -0.3 is 25.2 Å². The number of carboxylic acids is 1. The monoisotopic (exact) mass is 566 g/mol. The highest BCUT2D eigenvalue weighted by Gasteiger charge is 2.52. The standard InChI is InChI=1S/C29H37F3N2O6/c1-28(27(37)38)7-5-18(6-8-28)40-22-10-19(21(39-2)11-20(22)30)25(35)34-24-17-4-3-16(9-17)23(24)26(36)33-14-15-12-29(31,32)13-15/h10-11,15-18,23-24H,3-9,12-14H2,1-2H3,(H,33,36)(H,34,35)(H,37,38)/t16-,17+,18?,23+,24-,28?/m1/s1. The van der Waals surface area contributed by atoms with Crippen LogP contribution in [-0.2, 0) is 9.59 Å². The largest absolute Gasteiger partial charge is 0.496 e. The van der Waals surface area contributed by atoms with Gasteiger partial charge in [0, 0.05) is 31.5 Å². The zero-order valence-electron chi connectivity index (χ0n) is 22.8. The number of halogens is 3. The highest BCUT2D eigenvalue weighted by Crippen LogP contribution is 2.49. The Bertz CT molecular complexity index is 1160. The van der Waals surface area contributed by atoms with E-state index in [0.29, 0.717) is 25.7 Å². The van der Waals surface area contributed by atoms with E-state index < -0.39 is 41.0 Å². The van der Waals surface area contributed by atoms with Crippen molar-refractivity contribution >= 4 is 17.8 Å². The molecule has 4 atom stereocenters. The van der Waals surface area contributed by atoms with E-state index in [1.807, 2.05) is 0 Å². The van der Waals surface area contributed by atoms with Crippen molar-refractivity contribution in [2.45, 2.75) is 82.8 Å². The first kappa shape index (κ1) is 28.5. The van der Waals surface area contributed by atoms with E-state index in [4.69, 9.17) is 9.47 Å². The lowest BCUT2D eigenvalue weighted by Gasteiger charge is -2.36. The van der Waals surface area contributed by atoms with E-state index in [2.05, 4.69) is 10.6 Å². The van der Waals surface area contributed by atoms with Crippen LogP contribution in [0.2, 0.25) is 0 Å². The second kappa shape index (κ2) is 10.8. The van der Waals surface area contributed by atoms with Gasteiger partial charge >= 0.3 is 5.97 Å². The van der Waals surface area contributed by atoms with Gasteiger partial charge in [-0.3, -0.25) is 14.4 Å². The Balaban J connectivity index is 1.26. The van der Waals surface area contributed by atoms with Gasteiger partial charge in [0.05, 0.1) is 30.1 Å². The molecule has 8 nitrogen and oxygen atoms in total. The molecule has 0 heterocycles. The number of alkyl halides is 2. The van der Waals surface area contributed by atoms with Gasteiger partial charge in [-0.15, -0.1) is 0 Å². The number of nitrogens with one attached hydrogen (secondary N) is 2. The number of amides is 2. The van der Waals surface area contributed by atoms with Crippen molar-refractivity contribution in [1.82, 2.24) is 10.6 Å². The quantitative estimate of drug-likeness (QED) is 0.404. The van der Waals surface area contributed by atoms with Crippen LogP contribution in [0, 0.1) is 34.9 Å². The van der Waals surface area contributed by atoms with Crippen molar-refractivity contribution in [3.63, 3.8) is 0 Å². The maximum atomic E-state index is 14.9. The Labute approximate surface area is 231 Å². The molecule has 4 aliphatic carbocycles. The molecular weight excluding hydrogens is 529 g/mol. The molecule has 4 aliphatic rings. The first-order valence-corrected chi connectivity index (χ1v) is 14.1. The van der Waals surface area contributed by atoms with Crippen molar-refractivity contribution < 1.29 is 42.1 Å². The van der Waals surface area contributed by atoms with Crippen molar-refractivity contribution in [2.24, 2.45) is 29.1 Å². The summed E-state index contributed by atoms with van der Waals surface area (Å²) in [5, 5.41) is 15.3. The molecule has 2 amide bonds. The van der Waals surface area contributed by atoms with E-state index in [-0.39, 0.29) is 66.2 Å².